The summed E-state index contributed by atoms with van der Waals surface area (Å²) in [4.78, 5) is 2.63. The molecule has 2 nitrogen and oxygen atoms in total. The summed E-state index contributed by atoms with van der Waals surface area (Å²) in [5, 5.41) is 3.43. The van der Waals surface area contributed by atoms with Gasteiger partial charge in [-0.2, -0.15) is 0 Å². The molecule has 0 aromatic carbocycles. The van der Waals surface area contributed by atoms with Gasteiger partial charge in [-0.3, -0.25) is 4.90 Å². The molecular formula is C12H26N2. The van der Waals surface area contributed by atoms with E-state index in [0.29, 0.717) is 17.6 Å². The van der Waals surface area contributed by atoms with Crippen LogP contribution in [0.4, 0.5) is 0 Å². The first-order valence-electron chi connectivity index (χ1n) is 5.82. The molecule has 0 aliphatic carbocycles. The lowest BCUT2D eigenvalue weighted by Gasteiger charge is -2.49. The van der Waals surface area contributed by atoms with Gasteiger partial charge in [0, 0.05) is 24.2 Å². The number of piperidine rings is 1. The monoisotopic (exact) mass is 198 g/mol. The van der Waals surface area contributed by atoms with Gasteiger partial charge in [-0.15, -0.1) is 0 Å². The molecule has 0 aromatic rings. The van der Waals surface area contributed by atoms with Crippen LogP contribution in [0.2, 0.25) is 0 Å². The number of likely N-dealkylation sites (tertiary alicyclic amines) is 1. The zero-order valence-electron chi connectivity index (χ0n) is 10.6. The molecule has 0 radical (unpaired) electrons. The highest BCUT2D eigenvalue weighted by Gasteiger charge is 2.36. The number of nitrogens with one attached hydrogen (secondary N) is 1. The molecule has 1 fully saturated rings. The molecule has 2 heteroatoms. The first kappa shape index (κ1) is 12.0. The van der Waals surface area contributed by atoms with Crippen molar-refractivity contribution in [2.75, 3.05) is 13.6 Å². The van der Waals surface area contributed by atoms with Gasteiger partial charge in [0.1, 0.15) is 0 Å². The SMILES string of the molecule is CNC1CCN(C(C)(C)C)C(C)C1C. The average molecular weight is 198 g/mol. The summed E-state index contributed by atoms with van der Waals surface area (Å²) in [6.45, 7) is 12.9. The van der Waals surface area contributed by atoms with Gasteiger partial charge in [0.15, 0.2) is 0 Å². The maximum atomic E-state index is 3.43. The second-order valence-corrected chi connectivity index (χ2v) is 5.65. The summed E-state index contributed by atoms with van der Waals surface area (Å²) in [5.41, 5.74) is 0.312. The van der Waals surface area contributed by atoms with Crippen molar-refractivity contribution in [3.63, 3.8) is 0 Å². The molecular weight excluding hydrogens is 172 g/mol. The predicted molar refractivity (Wildman–Crippen MR) is 62.5 cm³/mol. The molecule has 1 N–H and O–H groups in total. The van der Waals surface area contributed by atoms with Crippen molar-refractivity contribution < 1.29 is 0 Å². The lowest BCUT2D eigenvalue weighted by Crippen LogP contribution is -2.58. The van der Waals surface area contributed by atoms with Gasteiger partial charge in [0.05, 0.1) is 0 Å². The molecule has 1 aliphatic heterocycles. The van der Waals surface area contributed by atoms with Gasteiger partial charge in [0.2, 0.25) is 0 Å². The molecule has 0 saturated carbocycles. The fraction of sp³-hybridized carbons (Fsp3) is 1.00. The third-order valence-corrected chi connectivity index (χ3v) is 3.80. The summed E-state index contributed by atoms with van der Waals surface area (Å²) >= 11 is 0. The highest BCUT2D eigenvalue weighted by atomic mass is 15.2. The Bertz CT molecular complexity index is 183. The first-order chi connectivity index (χ1) is 6.38. The van der Waals surface area contributed by atoms with Gasteiger partial charge in [-0.25, -0.2) is 0 Å². The van der Waals surface area contributed by atoms with Crippen LogP contribution < -0.4 is 5.32 Å². The standard InChI is InChI=1S/C12H26N2/c1-9-10(2)14(12(3,4)5)8-7-11(9)13-6/h9-11,13H,7-8H2,1-6H3. The molecule has 0 amide bonds. The number of hydrogen-bond donors (Lipinski definition) is 1. The Hall–Kier alpha value is -0.0800. The van der Waals surface area contributed by atoms with Gasteiger partial charge >= 0.3 is 0 Å². The van der Waals surface area contributed by atoms with Crippen LogP contribution in [0, 0.1) is 5.92 Å². The Morgan fingerprint density at radius 2 is 1.79 bits per heavy atom. The lowest BCUT2D eigenvalue weighted by molar-refractivity contribution is 0.0153. The topological polar surface area (TPSA) is 15.3 Å². The van der Waals surface area contributed by atoms with E-state index in [4.69, 9.17) is 0 Å². The van der Waals surface area contributed by atoms with Crippen LogP contribution >= 0.6 is 0 Å². The van der Waals surface area contributed by atoms with E-state index in [1.807, 2.05) is 0 Å². The van der Waals surface area contributed by atoms with Crippen LogP contribution in [0.25, 0.3) is 0 Å². The Morgan fingerprint density at radius 3 is 2.21 bits per heavy atom. The van der Waals surface area contributed by atoms with E-state index in [1.165, 1.54) is 13.0 Å². The maximum Gasteiger partial charge on any atom is 0.0128 e. The quantitative estimate of drug-likeness (QED) is 0.694. The molecule has 0 bridgehead atoms. The lowest BCUT2D eigenvalue weighted by atomic mass is 9.84. The minimum atomic E-state index is 0.312. The second kappa shape index (κ2) is 4.19. The van der Waals surface area contributed by atoms with E-state index in [1.54, 1.807) is 0 Å². The van der Waals surface area contributed by atoms with Gasteiger partial charge in [-0.1, -0.05) is 6.92 Å². The average Bonchev–Trinajstić information content (AvgIpc) is 2.07. The van der Waals surface area contributed by atoms with E-state index in [0.717, 1.165) is 5.92 Å². The van der Waals surface area contributed by atoms with Gasteiger partial charge < -0.3 is 5.32 Å². The van der Waals surface area contributed by atoms with Crippen LogP contribution in [0.1, 0.15) is 41.0 Å². The molecule has 1 heterocycles. The van der Waals surface area contributed by atoms with Crippen molar-refractivity contribution in [3.05, 3.63) is 0 Å². The maximum absolute atomic E-state index is 3.43. The predicted octanol–water partition coefficient (Wildman–Crippen LogP) is 2.10. The van der Waals surface area contributed by atoms with Crippen molar-refractivity contribution >= 4 is 0 Å². The molecule has 1 saturated heterocycles. The molecule has 84 valence electrons. The van der Waals surface area contributed by atoms with Crippen molar-refractivity contribution in [1.29, 1.82) is 0 Å². The number of nitrogens with zero attached hydrogens (tertiary/aromatic N) is 1. The van der Waals surface area contributed by atoms with E-state index >= 15 is 0 Å². The fourth-order valence-corrected chi connectivity index (χ4v) is 2.72. The fourth-order valence-electron chi connectivity index (χ4n) is 2.72. The normalized spacial score (nSPS) is 36.0. The Balaban J connectivity index is 2.69. The van der Waals surface area contributed by atoms with Crippen LogP contribution in [0.15, 0.2) is 0 Å². The van der Waals surface area contributed by atoms with Crippen LogP contribution in [0.3, 0.4) is 0 Å². The largest absolute Gasteiger partial charge is 0.317 e. The third-order valence-electron chi connectivity index (χ3n) is 3.80. The molecule has 3 unspecified atom stereocenters. The van der Waals surface area contributed by atoms with Crippen molar-refractivity contribution in [2.45, 2.75) is 58.7 Å². The Labute approximate surface area is 89.1 Å². The summed E-state index contributed by atoms with van der Waals surface area (Å²) in [6, 6.07) is 1.38. The molecule has 0 aromatic heterocycles. The first-order valence-corrected chi connectivity index (χ1v) is 5.82. The van der Waals surface area contributed by atoms with Gasteiger partial charge in [-0.05, 0) is 47.1 Å². The summed E-state index contributed by atoms with van der Waals surface area (Å²) < 4.78 is 0. The van der Waals surface area contributed by atoms with Crippen LogP contribution in [-0.4, -0.2) is 36.1 Å². The highest BCUT2D eigenvalue weighted by Crippen LogP contribution is 2.29. The van der Waals surface area contributed by atoms with E-state index in [-0.39, 0.29) is 0 Å². The summed E-state index contributed by atoms with van der Waals surface area (Å²) in [7, 11) is 2.08. The van der Waals surface area contributed by atoms with Crippen molar-refractivity contribution in [2.24, 2.45) is 5.92 Å². The summed E-state index contributed by atoms with van der Waals surface area (Å²) in [5.74, 6) is 0.743. The van der Waals surface area contributed by atoms with E-state index in [2.05, 4.69) is 51.9 Å². The Kier molecular flexibility index (Phi) is 3.59. The third kappa shape index (κ3) is 2.29. The molecule has 3 atom stereocenters. The smallest absolute Gasteiger partial charge is 0.0128 e. The van der Waals surface area contributed by atoms with E-state index in [9.17, 15) is 0 Å². The molecule has 0 spiro atoms. The van der Waals surface area contributed by atoms with Crippen LogP contribution in [0.5, 0.6) is 0 Å². The van der Waals surface area contributed by atoms with Crippen molar-refractivity contribution in [3.8, 4) is 0 Å². The van der Waals surface area contributed by atoms with Crippen molar-refractivity contribution in [1.82, 2.24) is 10.2 Å². The zero-order chi connectivity index (χ0) is 10.9. The number of hydrogen-bond acceptors (Lipinski definition) is 2. The molecule has 1 rings (SSSR count). The van der Waals surface area contributed by atoms with E-state index < -0.39 is 0 Å². The molecule has 1 aliphatic rings. The molecule has 14 heavy (non-hydrogen) atoms. The van der Waals surface area contributed by atoms with Gasteiger partial charge in [0.25, 0.3) is 0 Å². The summed E-state index contributed by atoms with van der Waals surface area (Å²) in [6.07, 6.45) is 1.28. The minimum Gasteiger partial charge on any atom is -0.317 e. The highest BCUT2D eigenvalue weighted by molar-refractivity contribution is 4.92. The Morgan fingerprint density at radius 1 is 1.21 bits per heavy atom. The van der Waals surface area contributed by atoms with Crippen LogP contribution in [-0.2, 0) is 0 Å². The second-order valence-electron chi connectivity index (χ2n) is 5.65. The number of rotatable bonds is 1. The minimum absolute atomic E-state index is 0.312. The zero-order valence-corrected chi connectivity index (χ0v) is 10.6.